The van der Waals surface area contributed by atoms with Gasteiger partial charge in [-0.15, -0.1) is 0 Å². The van der Waals surface area contributed by atoms with Gasteiger partial charge in [0, 0.05) is 20.2 Å². The molecule has 1 fully saturated rings. The van der Waals surface area contributed by atoms with Crippen molar-refractivity contribution in [1.29, 1.82) is 0 Å². The Morgan fingerprint density at radius 3 is 2.84 bits per heavy atom. The summed E-state index contributed by atoms with van der Waals surface area (Å²) in [6.45, 7) is 2.60. The topological polar surface area (TPSA) is 50.4 Å². The van der Waals surface area contributed by atoms with Gasteiger partial charge in [-0.25, -0.2) is 8.78 Å². The molecule has 1 heterocycles. The van der Waals surface area contributed by atoms with Crippen LogP contribution in [0.1, 0.15) is 15.9 Å². The molecule has 0 saturated carbocycles. The van der Waals surface area contributed by atoms with Crippen LogP contribution in [-0.2, 0) is 4.74 Å². The first kappa shape index (κ1) is 13.9. The number of carbonyl (C=O) groups excluding carboxylic acids is 1. The molecule has 1 aromatic carbocycles. The zero-order valence-corrected chi connectivity index (χ0v) is 10.8. The Kier molecular flexibility index (Phi) is 4.11. The van der Waals surface area contributed by atoms with Crippen LogP contribution in [0, 0.1) is 18.6 Å². The number of benzene rings is 1. The number of hydrogen-bond donors (Lipinski definition) is 2. The van der Waals surface area contributed by atoms with E-state index in [1.54, 1.807) is 0 Å². The third-order valence-electron chi connectivity index (χ3n) is 3.29. The first-order valence-corrected chi connectivity index (χ1v) is 6.03. The Balaban J connectivity index is 2.19. The third-order valence-corrected chi connectivity index (χ3v) is 3.29. The minimum Gasteiger partial charge on any atom is -0.378 e. The average molecular weight is 270 g/mol. The second-order valence-corrected chi connectivity index (χ2v) is 4.57. The lowest BCUT2D eigenvalue weighted by Gasteiger charge is -2.19. The highest BCUT2D eigenvalue weighted by molar-refractivity contribution is 5.95. The van der Waals surface area contributed by atoms with Crippen molar-refractivity contribution in [3.63, 3.8) is 0 Å². The number of carbonyl (C=O) groups is 1. The first-order valence-electron chi connectivity index (χ1n) is 6.03. The highest BCUT2D eigenvalue weighted by Gasteiger charge is 2.30. The molecule has 0 spiro atoms. The summed E-state index contributed by atoms with van der Waals surface area (Å²) < 4.78 is 32.6. The van der Waals surface area contributed by atoms with Gasteiger partial charge < -0.3 is 15.4 Å². The fourth-order valence-electron chi connectivity index (χ4n) is 2.15. The minimum atomic E-state index is -0.861. The van der Waals surface area contributed by atoms with E-state index in [0.717, 1.165) is 6.07 Å². The Labute approximate surface area is 110 Å². The second kappa shape index (κ2) is 5.63. The van der Waals surface area contributed by atoms with E-state index < -0.39 is 23.1 Å². The molecule has 0 bridgehead atoms. The average Bonchev–Trinajstić information content (AvgIpc) is 2.81. The molecule has 2 atom stereocenters. The predicted molar refractivity (Wildman–Crippen MR) is 66.0 cm³/mol. The summed E-state index contributed by atoms with van der Waals surface area (Å²) in [4.78, 5) is 12.0. The van der Waals surface area contributed by atoms with E-state index in [2.05, 4.69) is 10.6 Å². The van der Waals surface area contributed by atoms with Crippen molar-refractivity contribution in [3.05, 3.63) is 34.9 Å². The van der Waals surface area contributed by atoms with Crippen LogP contribution in [0.5, 0.6) is 0 Å². The summed E-state index contributed by atoms with van der Waals surface area (Å²) in [5, 5.41) is 5.64. The Morgan fingerprint density at radius 2 is 2.16 bits per heavy atom. The van der Waals surface area contributed by atoms with Crippen LogP contribution in [0.3, 0.4) is 0 Å². The molecule has 2 N–H and O–H groups in total. The van der Waals surface area contributed by atoms with Crippen LogP contribution in [-0.4, -0.2) is 38.3 Å². The van der Waals surface area contributed by atoms with Crippen molar-refractivity contribution in [3.8, 4) is 0 Å². The fourth-order valence-corrected chi connectivity index (χ4v) is 2.15. The number of methoxy groups -OCH3 is 1. The van der Waals surface area contributed by atoms with Crippen LogP contribution in [0.25, 0.3) is 0 Å². The number of nitrogens with one attached hydrogen (secondary N) is 2. The van der Waals surface area contributed by atoms with E-state index >= 15 is 0 Å². The van der Waals surface area contributed by atoms with Gasteiger partial charge in [-0.05, 0) is 18.6 Å². The lowest BCUT2D eigenvalue weighted by Crippen LogP contribution is -2.44. The zero-order valence-electron chi connectivity index (χ0n) is 10.8. The largest absolute Gasteiger partial charge is 0.378 e. The van der Waals surface area contributed by atoms with Crippen molar-refractivity contribution in [2.75, 3.05) is 20.2 Å². The van der Waals surface area contributed by atoms with Gasteiger partial charge in [-0.1, -0.05) is 6.07 Å². The molecule has 1 unspecified atom stereocenters. The van der Waals surface area contributed by atoms with Gasteiger partial charge in [0.25, 0.3) is 5.91 Å². The maximum atomic E-state index is 13.8. The van der Waals surface area contributed by atoms with Gasteiger partial charge in [-0.3, -0.25) is 4.79 Å². The van der Waals surface area contributed by atoms with Crippen LogP contribution in [0.2, 0.25) is 0 Å². The molecule has 4 nitrogen and oxygen atoms in total. The quantitative estimate of drug-likeness (QED) is 0.861. The summed E-state index contributed by atoms with van der Waals surface area (Å²) >= 11 is 0. The molecule has 1 saturated heterocycles. The Morgan fingerprint density at radius 1 is 1.42 bits per heavy atom. The number of amides is 1. The number of halogens is 2. The summed E-state index contributed by atoms with van der Waals surface area (Å²) in [5.41, 5.74) is -0.304. The van der Waals surface area contributed by atoms with Crippen molar-refractivity contribution in [1.82, 2.24) is 10.6 Å². The van der Waals surface area contributed by atoms with Gasteiger partial charge in [0.2, 0.25) is 0 Å². The number of rotatable bonds is 3. The molecular formula is C13H16F2N2O2. The lowest BCUT2D eigenvalue weighted by atomic mass is 10.1. The van der Waals surface area contributed by atoms with Crippen LogP contribution < -0.4 is 10.6 Å². The maximum absolute atomic E-state index is 13.8. The van der Waals surface area contributed by atoms with Crippen LogP contribution >= 0.6 is 0 Å². The second-order valence-electron chi connectivity index (χ2n) is 4.57. The minimum absolute atomic E-state index is 0.195. The molecule has 0 aliphatic carbocycles. The van der Waals surface area contributed by atoms with Gasteiger partial charge in [0.05, 0.1) is 12.1 Å². The normalized spacial score (nSPS) is 22.5. The molecule has 1 amide bonds. The lowest BCUT2D eigenvalue weighted by molar-refractivity contribution is 0.0773. The first-order chi connectivity index (χ1) is 9.04. The number of ether oxygens (including phenoxy) is 1. The van der Waals surface area contributed by atoms with Crippen molar-refractivity contribution >= 4 is 5.91 Å². The molecular weight excluding hydrogens is 254 g/mol. The van der Waals surface area contributed by atoms with Crippen molar-refractivity contribution in [2.24, 2.45) is 0 Å². The zero-order chi connectivity index (χ0) is 14.0. The summed E-state index contributed by atoms with van der Waals surface area (Å²) in [5.74, 6) is -2.44. The van der Waals surface area contributed by atoms with Crippen molar-refractivity contribution in [2.45, 2.75) is 19.1 Å². The van der Waals surface area contributed by atoms with E-state index in [0.29, 0.717) is 13.1 Å². The maximum Gasteiger partial charge on any atom is 0.257 e. The van der Waals surface area contributed by atoms with E-state index in [1.165, 1.54) is 20.1 Å². The van der Waals surface area contributed by atoms with Crippen LogP contribution in [0.4, 0.5) is 8.78 Å². The molecule has 0 radical (unpaired) electrons. The van der Waals surface area contributed by atoms with Crippen LogP contribution in [0.15, 0.2) is 12.1 Å². The summed E-state index contributed by atoms with van der Waals surface area (Å²) in [6.07, 6.45) is -0.195. The monoisotopic (exact) mass is 270 g/mol. The summed E-state index contributed by atoms with van der Waals surface area (Å²) in [7, 11) is 1.53. The van der Waals surface area contributed by atoms with E-state index in [4.69, 9.17) is 4.74 Å². The molecule has 0 aromatic heterocycles. The van der Waals surface area contributed by atoms with Gasteiger partial charge in [-0.2, -0.15) is 0 Å². The summed E-state index contributed by atoms with van der Waals surface area (Å²) in [6, 6.07) is 2.10. The molecule has 19 heavy (non-hydrogen) atoms. The highest BCUT2D eigenvalue weighted by atomic mass is 19.1. The molecule has 2 rings (SSSR count). The Bertz CT molecular complexity index is 494. The smallest absolute Gasteiger partial charge is 0.257 e. The SMILES string of the molecule is CO[C@H]1CNCC1NC(=O)c1c(F)ccc(C)c1F. The van der Waals surface area contributed by atoms with Gasteiger partial charge in [0.15, 0.2) is 0 Å². The van der Waals surface area contributed by atoms with Gasteiger partial charge in [0.1, 0.15) is 17.2 Å². The molecule has 1 aromatic rings. The standard InChI is InChI=1S/C13H16F2N2O2/c1-7-3-4-8(14)11(12(7)15)13(18)17-9-5-16-6-10(9)19-2/h3-4,9-10,16H,5-6H2,1-2H3,(H,17,18)/t9?,10-/m0/s1. The number of aryl methyl sites for hydroxylation is 1. The van der Waals surface area contributed by atoms with Gasteiger partial charge >= 0.3 is 0 Å². The predicted octanol–water partition coefficient (Wildman–Crippen LogP) is 0.990. The molecule has 104 valence electrons. The van der Waals surface area contributed by atoms with E-state index in [9.17, 15) is 13.6 Å². The Hall–Kier alpha value is -1.53. The fraction of sp³-hybridized carbons (Fsp3) is 0.462. The third kappa shape index (κ3) is 2.74. The van der Waals surface area contributed by atoms with E-state index in [-0.39, 0.29) is 17.7 Å². The van der Waals surface area contributed by atoms with Crippen molar-refractivity contribution < 1.29 is 18.3 Å². The van der Waals surface area contributed by atoms with E-state index in [1.807, 2.05) is 0 Å². The molecule has 6 heteroatoms. The number of hydrogen-bond acceptors (Lipinski definition) is 3. The highest BCUT2D eigenvalue weighted by Crippen LogP contribution is 2.17. The molecule has 1 aliphatic heterocycles. The molecule has 1 aliphatic rings.